The lowest BCUT2D eigenvalue weighted by Gasteiger charge is -2.27. The van der Waals surface area contributed by atoms with E-state index in [1.54, 1.807) is 4.90 Å². The first kappa shape index (κ1) is 21.5. The van der Waals surface area contributed by atoms with Gasteiger partial charge in [-0.2, -0.15) is 0 Å². The van der Waals surface area contributed by atoms with Crippen molar-refractivity contribution in [1.29, 1.82) is 0 Å². The number of nitrogens with zero attached hydrogens (tertiary/aromatic N) is 3. The first-order valence-electron chi connectivity index (χ1n) is 10.5. The second-order valence-electron chi connectivity index (χ2n) is 8.06. The zero-order valence-electron chi connectivity index (χ0n) is 18.1. The first-order valence-corrected chi connectivity index (χ1v) is 12.2. The molecule has 4 aromatic rings. The highest BCUT2D eigenvalue weighted by molar-refractivity contribution is 7.15. The predicted molar refractivity (Wildman–Crippen MR) is 128 cm³/mol. The molecule has 2 atom stereocenters. The maximum absolute atomic E-state index is 13.1. The van der Waals surface area contributed by atoms with Crippen LogP contribution in [0.1, 0.15) is 34.3 Å². The maximum Gasteiger partial charge on any atom is 0.312 e. The molecule has 1 amide bonds. The number of amides is 1. The summed E-state index contributed by atoms with van der Waals surface area (Å²) >= 11 is 2.87. The Morgan fingerprint density at radius 1 is 1.15 bits per heavy atom. The summed E-state index contributed by atoms with van der Waals surface area (Å²) in [6.45, 7) is 3.71. The van der Waals surface area contributed by atoms with E-state index in [-0.39, 0.29) is 24.5 Å². The highest BCUT2D eigenvalue weighted by Gasteiger charge is 2.46. The van der Waals surface area contributed by atoms with Crippen LogP contribution in [-0.2, 0) is 20.9 Å². The number of aryl methyl sites for hydroxylation is 2. The van der Waals surface area contributed by atoms with Gasteiger partial charge in [-0.15, -0.1) is 22.7 Å². The molecular weight excluding hydrogens is 458 g/mol. The number of carbonyl (C=O) groups excluding carboxylic acids is 2. The van der Waals surface area contributed by atoms with Crippen LogP contribution in [0.2, 0.25) is 0 Å². The zero-order valence-corrected chi connectivity index (χ0v) is 19.7. The normalized spacial score (nSPS) is 18.2. The molecule has 3 aromatic heterocycles. The Morgan fingerprint density at radius 3 is 2.67 bits per heavy atom. The van der Waals surface area contributed by atoms with Crippen LogP contribution in [0.3, 0.4) is 0 Å². The third-order valence-corrected chi connectivity index (χ3v) is 7.65. The van der Waals surface area contributed by atoms with Crippen LogP contribution in [0.4, 0.5) is 5.69 Å². The molecule has 0 aliphatic carbocycles. The molecule has 33 heavy (non-hydrogen) atoms. The molecule has 1 aliphatic heterocycles. The Hall–Kier alpha value is -3.30. The Morgan fingerprint density at radius 2 is 1.94 bits per heavy atom. The summed E-state index contributed by atoms with van der Waals surface area (Å²) in [6.07, 6.45) is 0.0640. The Bertz CT molecular complexity index is 1390. The van der Waals surface area contributed by atoms with Crippen LogP contribution in [0.15, 0.2) is 58.0 Å². The number of thiophene rings is 1. The van der Waals surface area contributed by atoms with Crippen molar-refractivity contribution >= 4 is 45.2 Å². The van der Waals surface area contributed by atoms with Gasteiger partial charge in [-0.05, 0) is 37.4 Å². The first-order chi connectivity index (χ1) is 15.9. The van der Waals surface area contributed by atoms with Crippen molar-refractivity contribution in [2.24, 2.45) is 5.92 Å². The van der Waals surface area contributed by atoms with E-state index in [4.69, 9.17) is 4.74 Å². The van der Waals surface area contributed by atoms with Crippen molar-refractivity contribution in [3.8, 4) is 0 Å². The minimum atomic E-state index is -0.647. The lowest BCUT2D eigenvalue weighted by Crippen LogP contribution is -2.30. The minimum Gasteiger partial charge on any atom is -0.459 e. The molecule has 2 unspecified atom stereocenters. The fourth-order valence-corrected chi connectivity index (χ4v) is 5.94. The summed E-state index contributed by atoms with van der Waals surface area (Å²) in [6, 6.07) is 12.5. The van der Waals surface area contributed by atoms with Crippen LogP contribution in [0, 0.1) is 19.8 Å². The van der Waals surface area contributed by atoms with Gasteiger partial charge in [0.2, 0.25) is 5.91 Å². The van der Waals surface area contributed by atoms with E-state index in [0.29, 0.717) is 10.7 Å². The van der Waals surface area contributed by atoms with Gasteiger partial charge in [0.05, 0.1) is 17.7 Å². The van der Waals surface area contributed by atoms with Crippen molar-refractivity contribution in [2.75, 3.05) is 4.90 Å². The Labute approximate surface area is 197 Å². The van der Waals surface area contributed by atoms with Crippen LogP contribution in [0.5, 0.6) is 0 Å². The SMILES string of the molecule is Cc1ccc(N2C(=O)CC(C(=O)OCc3cc(=O)n4c(C)csc4n3)C2c2cccs2)cc1. The van der Waals surface area contributed by atoms with E-state index < -0.39 is 17.9 Å². The summed E-state index contributed by atoms with van der Waals surface area (Å²) < 4.78 is 7.11. The summed E-state index contributed by atoms with van der Waals surface area (Å²) in [5, 5.41) is 3.79. The number of rotatable bonds is 5. The molecule has 4 heterocycles. The highest BCUT2D eigenvalue weighted by atomic mass is 32.1. The van der Waals surface area contributed by atoms with Crippen molar-refractivity contribution in [1.82, 2.24) is 9.38 Å². The van der Waals surface area contributed by atoms with Crippen molar-refractivity contribution in [3.05, 3.63) is 85.4 Å². The van der Waals surface area contributed by atoms with Crippen LogP contribution >= 0.6 is 22.7 Å². The second kappa shape index (κ2) is 8.57. The van der Waals surface area contributed by atoms with Crippen molar-refractivity contribution in [2.45, 2.75) is 32.9 Å². The maximum atomic E-state index is 13.1. The average Bonchev–Trinajstić information content (AvgIpc) is 3.52. The fourth-order valence-electron chi connectivity index (χ4n) is 4.17. The van der Waals surface area contributed by atoms with Gasteiger partial charge in [0.15, 0.2) is 4.96 Å². The largest absolute Gasteiger partial charge is 0.459 e. The molecule has 5 rings (SSSR count). The predicted octanol–water partition coefficient (Wildman–Crippen LogP) is 4.27. The van der Waals surface area contributed by atoms with Gasteiger partial charge in [0, 0.05) is 34.1 Å². The molecule has 1 aliphatic rings. The molecule has 0 bridgehead atoms. The number of aromatic nitrogens is 2. The molecular formula is C24H21N3O4S2. The van der Waals surface area contributed by atoms with Gasteiger partial charge in [0.1, 0.15) is 6.61 Å². The second-order valence-corrected chi connectivity index (χ2v) is 9.87. The summed E-state index contributed by atoms with van der Waals surface area (Å²) in [4.78, 5) is 46.2. The number of fused-ring (bicyclic) bond motifs is 1. The van der Waals surface area contributed by atoms with Gasteiger partial charge in [-0.25, -0.2) is 4.98 Å². The van der Waals surface area contributed by atoms with Crippen LogP contribution < -0.4 is 10.5 Å². The number of carbonyl (C=O) groups is 2. The molecule has 0 spiro atoms. The van der Waals surface area contributed by atoms with Gasteiger partial charge >= 0.3 is 5.97 Å². The van der Waals surface area contributed by atoms with Gasteiger partial charge in [-0.1, -0.05) is 23.8 Å². The number of anilines is 1. The van der Waals surface area contributed by atoms with Crippen LogP contribution in [-0.4, -0.2) is 21.3 Å². The van der Waals surface area contributed by atoms with Crippen LogP contribution in [0.25, 0.3) is 4.96 Å². The van der Waals surface area contributed by atoms with Gasteiger partial charge in [0.25, 0.3) is 5.56 Å². The lowest BCUT2D eigenvalue weighted by molar-refractivity contribution is -0.150. The Balaban J connectivity index is 1.40. The topological polar surface area (TPSA) is 81.0 Å². The van der Waals surface area contributed by atoms with Crippen molar-refractivity contribution < 1.29 is 14.3 Å². The van der Waals surface area contributed by atoms with E-state index in [9.17, 15) is 14.4 Å². The molecule has 0 N–H and O–H groups in total. The number of ether oxygens (including phenoxy) is 1. The minimum absolute atomic E-state index is 0.0640. The van der Waals surface area contributed by atoms with Crippen molar-refractivity contribution in [3.63, 3.8) is 0 Å². The van der Waals surface area contributed by atoms with E-state index in [0.717, 1.165) is 21.8 Å². The smallest absolute Gasteiger partial charge is 0.312 e. The summed E-state index contributed by atoms with van der Waals surface area (Å²) in [5.74, 6) is -1.24. The molecule has 1 fully saturated rings. The third-order valence-electron chi connectivity index (χ3n) is 5.76. The summed E-state index contributed by atoms with van der Waals surface area (Å²) in [7, 11) is 0. The average molecular weight is 480 g/mol. The number of hydrogen-bond donors (Lipinski definition) is 0. The summed E-state index contributed by atoms with van der Waals surface area (Å²) in [5.41, 5.74) is 2.85. The lowest BCUT2D eigenvalue weighted by atomic mass is 9.99. The van der Waals surface area contributed by atoms with E-state index in [1.165, 1.54) is 33.1 Å². The molecule has 7 nitrogen and oxygen atoms in total. The number of esters is 1. The molecule has 1 saturated heterocycles. The molecule has 9 heteroatoms. The van der Waals surface area contributed by atoms with E-state index in [2.05, 4.69) is 4.98 Å². The third kappa shape index (κ3) is 3.98. The van der Waals surface area contributed by atoms with E-state index in [1.807, 2.05) is 61.0 Å². The fraction of sp³-hybridized carbons (Fsp3) is 0.250. The molecule has 168 valence electrons. The molecule has 0 radical (unpaired) electrons. The number of thiazole rings is 1. The van der Waals surface area contributed by atoms with Gasteiger partial charge < -0.3 is 9.64 Å². The highest BCUT2D eigenvalue weighted by Crippen LogP contribution is 2.43. The van der Waals surface area contributed by atoms with Gasteiger partial charge in [-0.3, -0.25) is 18.8 Å². The molecule has 1 aromatic carbocycles. The molecule has 0 saturated carbocycles. The van der Waals surface area contributed by atoms with E-state index >= 15 is 0 Å². The number of hydrogen-bond acceptors (Lipinski definition) is 7. The quantitative estimate of drug-likeness (QED) is 0.399. The monoisotopic (exact) mass is 479 g/mol. The zero-order chi connectivity index (χ0) is 23.1. The number of benzene rings is 1. The standard InChI is InChI=1S/C24H21N3O4S2/c1-14-5-7-17(8-6-14)27-21(29)11-18(22(27)19-4-3-9-32-19)23(30)31-12-16-10-20(28)26-15(2)13-33-24(26)25-16/h3-10,13,18,22H,11-12H2,1-2H3. The Kier molecular flexibility index (Phi) is 5.59.